The minimum absolute atomic E-state index is 0.0380. The highest BCUT2D eigenvalue weighted by molar-refractivity contribution is 5.43. The monoisotopic (exact) mass is 278 g/mol. The molecule has 0 atom stereocenters. The van der Waals surface area contributed by atoms with Crippen molar-refractivity contribution in [3.05, 3.63) is 64.2 Å². The van der Waals surface area contributed by atoms with Crippen molar-refractivity contribution >= 4 is 0 Å². The highest BCUT2D eigenvalue weighted by Crippen LogP contribution is 2.26. The van der Waals surface area contributed by atoms with Gasteiger partial charge in [-0.25, -0.2) is 8.78 Å². The van der Waals surface area contributed by atoms with Crippen LogP contribution in [0.4, 0.5) is 8.78 Å². The smallest absolute Gasteiger partial charge is 0.165 e. The van der Waals surface area contributed by atoms with Crippen molar-refractivity contribution in [2.45, 2.75) is 27.1 Å². The Morgan fingerprint density at radius 2 is 1.75 bits per heavy atom. The largest absolute Gasteiger partial charge is 0.488 e. The summed E-state index contributed by atoms with van der Waals surface area (Å²) in [5, 5.41) is 9.12. The molecule has 4 heteroatoms. The van der Waals surface area contributed by atoms with E-state index in [9.17, 15) is 8.78 Å². The zero-order chi connectivity index (χ0) is 14.7. The molecule has 0 saturated carbocycles. The van der Waals surface area contributed by atoms with Gasteiger partial charge in [-0.1, -0.05) is 24.3 Å². The zero-order valence-electron chi connectivity index (χ0n) is 11.4. The average molecular weight is 278 g/mol. The van der Waals surface area contributed by atoms with Crippen LogP contribution in [-0.2, 0) is 13.2 Å². The van der Waals surface area contributed by atoms with E-state index in [4.69, 9.17) is 9.84 Å². The number of rotatable bonds is 4. The van der Waals surface area contributed by atoms with Crippen molar-refractivity contribution in [2.24, 2.45) is 0 Å². The summed E-state index contributed by atoms with van der Waals surface area (Å²) in [6.45, 7) is 3.62. The van der Waals surface area contributed by atoms with Crippen molar-refractivity contribution in [3.8, 4) is 5.75 Å². The summed E-state index contributed by atoms with van der Waals surface area (Å²) in [7, 11) is 0. The number of ether oxygens (including phenoxy) is 1. The SMILES string of the molecule is Cc1cc(CO)cc(C)c1OCc1cccc(F)c1F. The molecule has 106 valence electrons. The van der Waals surface area contributed by atoms with Crippen LogP contribution in [-0.4, -0.2) is 5.11 Å². The summed E-state index contributed by atoms with van der Waals surface area (Å²) in [6, 6.07) is 7.64. The van der Waals surface area contributed by atoms with Crippen LogP contribution >= 0.6 is 0 Å². The third-order valence-electron chi connectivity index (χ3n) is 3.11. The summed E-state index contributed by atoms with van der Waals surface area (Å²) in [4.78, 5) is 0. The topological polar surface area (TPSA) is 29.5 Å². The molecule has 2 rings (SSSR count). The first-order valence-corrected chi connectivity index (χ1v) is 6.29. The minimum atomic E-state index is -0.880. The number of benzene rings is 2. The molecule has 2 aromatic carbocycles. The Kier molecular flexibility index (Phi) is 4.35. The van der Waals surface area contributed by atoms with Crippen LogP contribution in [0.3, 0.4) is 0 Å². The molecule has 20 heavy (non-hydrogen) atoms. The third-order valence-corrected chi connectivity index (χ3v) is 3.11. The number of hydrogen-bond acceptors (Lipinski definition) is 2. The van der Waals surface area contributed by atoms with Crippen molar-refractivity contribution in [1.29, 1.82) is 0 Å². The van der Waals surface area contributed by atoms with E-state index < -0.39 is 11.6 Å². The molecular formula is C16H16F2O2. The van der Waals surface area contributed by atoms with Gasteiger partial charge in [-0.15, -0.1) is 0 Å². The molecule has 0 aromatic heterocycles. The Hall–Kier alpha value is -1.94. The van der Waals surface area contributed by atoms with E-state index in [1.54, 1.807) is 0 Å². The fourth-order valence-electron chi connectivity index (χ4n) is 2.17. The summed E-state index contributed by atoms with van der Waals surface area (Å²) >= 11 is 0. The van der Waals surface area contributed by atoms with Gasteiger partial charge in [-0.2, -0.15) is 0 Å². The maximum absolute atomic E-state index is 13.5. The van der Waals surface area contributed by atoms with Crippen molar-refractivity contribution in [3.63, 3.8) is 0 Å². The lowest BCUT2D eigenvalue weighted by molar-refractivity contribution is 0.279. The van der Waals surface area contributed by atoms with Crippen LogP contribution < -0.4 is 4.74 Å². The second kappa shape index (κ2) is 6.01. The number of hydrogen-bond donors (Lipinski definition) is 1. The van der Waals surface area contributed by atoms with Gasteiger partial charge in [0, 0.05) is 5.56 Å². The molecule has 0 heterocycles. The minimum Gasteiger partial charge on any atom is -0.488 e. The van der Waals surface area contributed by atoms with Gasteiger partial charge in [-0.3, -0.25) is 0 Å². The molecule has 1 N–H and O–H groups in total. The van der Waals surface area contributed by atoms with Crippen molar-refractivity contribution in [2.75, 3.05) is 0 Å². The first-order chi connectivity index (χ1) is 9.52. The number of aryl methyl sites for hydroxylation is 2. The molecular weight excluding hydrogens is 262 g/mol. The second-order valence-electron chi connectivity index (χ2n) is 4.72. The van der Waals surface area contributed by atoms with Crippen LogP contribution in [0.2, 0.25) is 0 Å². The van der Waals surface area contributed by atoms with Gasteiger partial charge in [0.25, 0.3) is 0 Å². The number of aliphatic hydroxyl groups excluding tert-OH is 1. The molecule has 0 aliphatic heterocycles. The van der Waals surface area contributed by atoms with E-state index >= 15 is 0 Å². The highest BCUT2D eigenvalue weighted by atomic mass is 19.2. The molecule has 0 aliphatic carbocycles. The Morgan fingerprint density at radius 1 is 1.10 bits per heavy atom. The molecule has 0 bridgehead atoms. The Bertz CT molecular complexity index is 601. The average Bonchev–Trinajstić information content (AvgIpc) is 2.42. The second-order valence-corrected chi connectivity index (χ2v) is 4.72. The normalized spacial score (nSPS) is 10.7. The van der Waals surface area contributed by atoms with Gasteiger partial charge in [-0.05, 0) is 36.6 Å². The van der Waals surface area contributed by atoms with E-state index in [0.717, 1.165) is 22.8 Å². The molecule has 0 radical (unpaired) electrons. The van der Waals surface area contributed by atoms with E-state index in [1.165, 1.54) is 12.1 Å². The molecule has 2 aromatic rings. The molecule has 0 saturated heterocycles. The predicted molar refractivity (Wildman–Crippen MR) is 72.5 cm³/mol. The van der Waals surface area contributed by atoms with Gasteiger partial charge in [0.2, 0.25) is 0 Å². The van der Waals surface area contributed by atoms with E-state index in [1.807, 2.05) is 26.0 Å². The van der Waals surface area contributed by atoms with Crippen LogP contribution in [0.25, 0.3) is 0 Å². The fourth-order valence-corrected chi connectivity index (χ4v) is 2.17. The van der Waals surface area contributed by atoms with Crippen LogP contribution in [0, 0.1) is 25.5 Å². The van der Waals surface area contributed by atoms with Crippen LogP contribution in [0.15, 0.2) is 30.3 Å². The number of halogens is 2. The maximum Gasteiger partial charge on any atom is 0.165 e. The van der Waals surface area contributed by atoms with E-state index in [-0.39, 0.29) is 18.8 Å². The van der Waals surface area contributed by atoms with Crippen molar-refractivity contribution in [1.82, 2.24) is 0 Å². The standard InChI is InChI=1S/C16H16F2O2/c1-10-6-12(8-19)7-11(2)16(10)20-9-13-4-3-5-14(17)15(13)18/h3-7,19H,8-9H2,1-2H3. The predicted octanol–water partition coefficient (Wildman–Crippen LogP) is 3.65. The summed E-state index contributed by atoms with van der Waals surface area (Å²) in [5.74, 6) is -1.13. The summed E-state index contributed by atoms with van der Waals surface area (Å²) in [5.41, 5.74) is 2.68. The fraction of sp³-hybridized carbons (Fsp3) is 0.250. The lowest BCUT2D eigenvalue weighted by Crippen LogP contribution is -2.03. The Balaban J connectivity index is 2.21. The summed E-state index contributed by atoms with van der Waals surface area (Å²) in [6.07, 6.45) is 0. The first kappa shape index (κ1) is 14.5. The maximum atomic E-state index is 13.5. The van der Waals surface area contributed by atoms with Crippen molar-refractivity contribution < 1.29 is 18.6 Å². The van der Waals surface area contributed by atoms with Gasteiger partial charge < -0.3 is 9.84 Å². The molecule has 0 fully saturated rings. The van der Waals surface area contributed by atoms with Crippen LogP contribution in [0.1, 0.15) is 22.3 Å². The van der Waals surface area contributed by atoms with E-state index in [0.29, 0.717) is 5.75 Å². The lowest BCUT2D eigenvalue weighted by Gasteiger charge is -2.14. The molecule has 0 amide bonds. The van der Waals surface area contributed by atoms with Crippen LogP contribution in [0.5, 0.6) is 5.75 Å². The zero-order valence-corrected chi connectivity index (χ0v) is 11.4. The molecule has 2 nitrogen and oxygen atoms in total. The Morgan fingerprint density at radius 3 is 2.35 bits per heavy atom. The summed E-state index contributed by atoms with van der Waals surface area (Å²) < 4.78 is 32.2. The van der Waals surface area contributed by atoms with Gasteiger partial charge in [0.05, 0.1) is 6.61 Å². The highest BCUT2D eigenvalue weighted by Gasteiger charge is 2.11. The third kappa shape index (κ3) is 2.96. The van der Waals surface area contributed by atoms with Gasteiger partial charge in [0.1, 0.15) is 12.4 Å². The number of aliphatic hydroxyl groups is 1. The molecule has 0 spiro atoms. The van der Waals surface area contributed by atoms with Gasteiger partial charge >= 0.3 is 0 Å². The van der Waals surface area contributed by atoms with Gasteiger partial charge in [0.15, 0.2) is 11.6 Å². The molecule has 0 unspecified atom stereocenters. The van der Waals surface area contributed by atoms with E-state index in [2.05, 4.69) is 0 Å². The first-order valence-electron chi connectivity index (χ1n) is 6.29. The quantitative estimate of drug-likeness (QED) is 0.925. The lowest BCUT2D eigenvalue weighted by atomic mass is 10.1. The molecule has 0 aliphatic rings. The Labute approximate surface area is 116 Å².